The number of carbonyl (C=O) groups excluding carboxylic acids is 3. The van der Waals surface area contributed by atoms with Crippen molar-refractivity contribution in [3.8, 4) is 0 Å². The number of carbonyl (C=O) groups is 3. The highest BCUT2D eigenvalue weighted by Crippen LogP contribution is 2.17. The molecule has 10 heteroatoms. The fourth-order valence-corrected chi connectivity index (χ4v) is 3.17. The largest absolute Gasteiger partial charge is 0.452 e. The fraction of sp³-hybridized carbons (Fsp3) is 0.471. The lowest BCUT2D eigenvalue weighted by Crippen LogP contribution is -2.41. The number of ether oxygens (including phenoxy) is 1. The number of benzene rings is 1. The van der Waals surface area contributed by atoms with Crippen LogP contribution in [0.3, 0.4) is 0 Å². The lowest BCUT2D eigenvalue weighted by Gasteiger charge is -2.19. The van der Waals surface area contributed by atoms with Gasteiger partial charge in [0.15, 0.2) is 6.10 Å². The lowest BCUT2D eigenvalue weighted by molar-refractivity contribution is -0.154. The highest BCUT2D eigenvalue weighted by atomic mass is 32.2. The number of nitrogens with zero attached hydrogens (tertiary/aromatic N) is 1. The van der Waals surface area contributed by atoms with E-state index in [-0.39, 0.29) is 16.8 Å². The van der Waals surface area contributed by atoms with Crippen molar-refractivity contribution in [1.82, 2.24) is 9.62 Å². The molecule has 1 aromatic rings. The number of nitrogens with one attached hydrogen (secondary N) is 2. The molecule has 2 amide bonds. The minimum Gasteiger partial charge on any atom is -0.452 e. The molecule has 0 fully saturated rings. The molecule has 0 radical (unpaired) electrons. The monoisotopic (exact) mass is 399 g/mol. The summed E-state index contributed by atoms with van der Waals surface area (Å²) < 4.78 is 30.8. The number of rotatable bonds is 8. The van der Waals surface area contributed by atoms with Gasteiger partial charge < -0.3 is 15.4 Å². The molecule has 1 aromatic carbocycles. The SMILES string of the molecule is CC(=O)Nc1ccc(S(=O)(=O)N(C)CC(=O)O[C@H](C)C(=O)NC(C)C)cc1. The molecule has 0 heterocycles. The van der Waals surface area contributed by atoms with Crippen LogP contribution in [0, 0.1) is 0 Å². The second kappa shape index (κ2) is 9.47. The zero-order valence-corrected chi connectivity index (χ0v) is 16.8. The number of likely N-dealkylation sites (N-methyl/N-ethyl adjacent to an activating group) is 1. The van der Waals surface area contributed by atoms with E-state index in [1.54, 1.807) is 13.8 Å². The number of amides is 2. The molecule has 0 aliphatic carbocycles. The normalized spacial score (nSPS) is 12.6. The Balaban J connectivity index is 2.74. The molecule has 0 bridgehead atoms. The van der Waals surface area contributed by atoms with E-state index >= 15 is 0 Å². The van der Waals surface area contributed by atoms with E-state index in [0.717, 1.165) is 4.31 Å². The Hall–Kier alpha value is -2.46. The number of esters is 1. The van der Waals surface area contributed by atoms with Gasteiger partial charge in [-0.15, -0.1) is 0 Å². The van der Waals surface area contributed by atoms with Crippen LogP contribution in [0.4, 0.5) is 5.69 Å². The molecule has 0 saturated heterocycles. The van der Waals surface area contributed by atoms with Crippen LogP contribution in [0.2, 0.25) is 0 Å². The first-order chi connectivity index (χ1) is 12.4. The van der Waals surface area contributed by atoms with Crippen LogP contribution in [0.15, 0.2) is 29.2 Å². The first-order valence-corrected chi connectivity index (χ1v) is 9.71. The second-order valence-electron chi connectivity index (χ2n) is 6.26. The molecule has 1 atom stereocenters. The van der Waals surface area contributed by atoms with Gasteiger partial charge in [0.1, 0.15) is 6.54 Å². The van der Waals surface area contributed by atoms with Crippen molar-refractivity contribution in [3.05, 3.63) is 24.3 Å². The standard InChI is InChI=1S/C17H25N3O6S/c1-11(2)18-17(23)12(3)26-16(22)10-20(5)27(24,25)15-8-6-14(7-9-15)19-13(4)21/h6-9,11-12H,10H2,1-5H3,(H,18,23)(H,19,21)/t12-/m1/s1. The van der Waals surface area contributed by atoms with Crippen LogP contribution in [-0.2, 0) is 29.1 Å². The van der Waals surface area contributed by atoms with E-state index in [0.29, 0.717) is 5.69 Å². The summed E-state index contributed by atoms with van der Waals surface area (Å²) in [6.45, 7) is 5.74. The maximum Gasteiger partial charge on any atom is 0.322 e. The molecule has 27 heavy (non-hydrogen) atoms. The first kappa shape index (κ1) is 22.6. The lowest BCUT2D eigenvalue weighted by atomic mass is 10.3. The molecule has 0 unspecified atom stereocenters. The average Bonchev–Trinajstić information content (AvgIpc) is 2.53. The van der Waals surface area contributed by atoms with Gasteiger partial charge in [-0.25, -0.2) is 8.42 Å². The number of anilines is 1. The molecule has 9 nitrogen and oxygen atoms in total. The Morgan fingerprint density at radius 3 is 2.15 bits per heavy atom. The Bertz CT molecular complexity index is 789. The van der Waals surface area contributed by atoms with Crippen molar-refractivity contribution in [2.24, 2.45) is 0 Å². The van der Waals surface area contributed by atoms with Gasteiger partial charge in [0.25, 0.3) is 5.91 Å². The minimum atomic E-state index is -3.94. The topological polar surface area (TPSA) is 122 Å². The summed E-state index contributed by atoms with van der Waals surface area (Å²) in [5.74, 6) is -1.58. The summed E-state index contributed by atoms with van der Waals surface area (Å²) in [6.07, 6.45) is -1.03. The molecule has 2 N–H and O–H groups in total. The van der Waals surface area contributed by atoms with Gasteiger partial charge in [-0.1, -0.05) is 0 Å². The molecular formula is C17H25N3O6S. The van der Waals surface area contributed by atoms with Gasteiger partial charge in [0, 0.05) is 25.7 Å². The van der Waals surface area contributed by atoms with E-state index in [1.165, 1.54) is 45.2 Å². The van der Waals surface area contributed by atoms with Crippen LogP contribution in [0.1, 0.15) is 27.7 Å². The predicted octanol–water partition coefficient (Wildman–Crippen LogP) is 0.722. The highest BCUT2D eigenvalue weighted by Gasteiger charge is 2.25. The average molecular weight is 399 g/mol. The first-order valence-electron chi connectivity index (χ1n) is 8.27. The summed E-state index contributed by atoms with van der Waals surface area (Å²) >= 11 is 0. The van der Waals surface area contributed by atoms with E-state index in [2.05, 4.69) is 10.6 Å². The molecule has 0 aliphatic rings. The van der Waals surface area contributed by atoms with Gasteiger partial charge in [0.2, 0.25) is 15.9 Å². The molecule has 150 valence electrons. The highest BCUT2D eigenvalue weighted by molar-refractivity contribution is 7.89. The predicted molar refractivity (Wildman–Crippen MR) is 99.4 cm³/mol. The molecule has 0 aliphatic heterocycles. The second-order valence-corrected chi connectivity index (χ2v) is 8.31. The van der Waals surface area contributed by atoms with Crippen LogP contribution in [0.25, 0.3) is 0 Å². The van der Waals surface area contributed by atoms with Crippen molar-refractivity contribution in [2.45, 2.75) is 44.7 Å². The Morgan fingerprint density at radius 1 is 1.11 bits per heavy atom. The van der Waals surface area contributed by atoms with Gasteiger partial charge >= 0.3 is 5.97 Å². The quantitative estimate of drug-likeness (QED) is 0.621. The van der Waals surface area contributed by atoms with Gasteiger partial charge in [-0.3, -0.25) is 14.4 Å². The summed E-state index contributed by atoms with van der Waals surface area (Å²) in [4.78, 5) is 34.7. The van der Waals surface area contributed by atoms with Crippen molar-refractivity contribution >= 4 is 33.5 Å². The molecule has 0 aromatic heterocycles. The number of hydrogen-bond donors (Lipinski definition) is 2. The van der Waals surface area contributed by atoms with Crippen molar-refractivity contribution in [3.63, 3.8) is 0 Å². The summed E-state index contributed by atoms with van der Waals surface area (Å²) in [7, 11) is -2.70. The van der Waals surface area contributed by atoms with Gasteiger partial charge in [-0.05, 0) is 45.0 Å². The zero-order chi connectivity index (χ0) is 20.8. The maximum atomic E-state index is 12.5. The Morgan fingerprint density at radius 2 is 1.67 bits per heavy atom. The molecule has 1 rings (SSSR count). The fourth-order valence-electron chi connectivity index (χ4n) is 2.05. The van der Waals surface area contributed by atoms with Gasteiger partial charge in [0.05, 0.1) is 4.90 Å². The van der Waals surface area contributed by atoms with Crippen molar-refractivity contribution in [1.29, 1.82) is 0 Å². The Kier molecular flexibility index (Phi) is 7.92. The van der Waals surface area contributed by atoms with E-state index in [1.807, 2.05) is 0 Å². The number of sulfonamides is 1. The van der Waals surface area contributed by atoms with Crippen LogP contribution in [-0.4, -0.2) is 56.2 Å². The maximum absolute atomic E-state index is 12.5. The van der Waals surface area contributed by atoms with E-state index in [4.69, 9.17) is 4.74 Å². The minimum absolute atomic E-state index is 0.0440. The molecule has 0 spiro atoms. The Labute approximate surface area is 159 Å². The van der Waals surface area contributed by atoms with Gasteiger partial charge in [-0.2, -0.15) is 4.31 Å². The summed E-state index contributed by atoms with van der Waals surface area (Å²) in [5, 5.41) is 5.13. The van der Waals surface area contributed by atoms with Crippen molar-refractivity contribution < 1.29 is 27.5 Å². The molecular weight excluding hydrogens is 374 g/mol. The summed E-state index contributed by atoms with van der Waals surface area (Å²) in [6, 6.07) is 5.42. The third-order valence-corrected chi connectivity index (χ3v) is 5.16. The smallest absolute Gasteiger partial charge is 0.322 e. The zero-order valence-electron chi connectivity index (χ0n) is 16.0. The third-order valence-electron chi connectivity index (χ3n) is 3.34. The van der Waals surface area contributed by atoms with Crippen LogP contribution in [0.5, 0.6) is 0 Å². The number of hydrogen-bond acceptors (Lipinski definition) is 6. The third kappa shape index (κ3) is 6.99. The van der Waals surface area contributed by atoms with Crippen LogP contribution >= 0.6 is 0 Å². The van der Waals surface area contributed by atoms with E-state index < -0.39 is 34.5 Å². The van der Waals surface area contributed by atoms with E-state index in [9.17, 15) is 22.8 Å². The summed E-state index contributed by atoms with van der Waals surface area (Å²) in [5.41, 5.74) is 0.452. The molecule has 0 saturated carbocycles. The van der Waals surface area contributed by atoms with Crippen LogP contribution < -0.4 is 10.6 Å². The van der Waals surface area contributed by atoms with Crippen molar-refractivity contribution in [2.75, 3.05) is 18.9 Å².